The Hall–Kier alpha value is -2.34. The second-order valence-corrected chi connectivity index (χ2v) is 6.23. The number of fused-ring (bicyclic) bond motifs is 2. The number of hydrogen-bond donors (Lipinski definition) is 1. The molecule has 0 saturated heterocycles. The van der Waals surface area contributed by atoms with Crippen LogP contribution in [0.4, 0.5) is 5.69 Å². The predicted molar refractivity (Wildman–Crippen MR) is 82.0 cm³/mol. The number of carbonyl (C=O) groups excluding carboxylic acids is 1. The molecule has 1 aromatic carbocycles. The number of amides is 1. The van der Waals surface area contributed by atoms with Gasteiger partial charge in [-0.2, -0.15) is 0 Å². The number of thiazole rings is 1. The van der Waals surface area contributed by atoms with E-state index in [0.717, 1.165) is 21.9 Å². The summed E-state index contributed by atoms with van der Waals surface area (Å²) in [6.45, 7) is 3.82. The van der Waals surface area contributed by atoms with Crippen molar-refractivity contribution < 1.29 is 9.53 Å². The van der Waals surface area contributed by atoms with E-state index < -0.39 is 6.10 Å². The Morgan fingerprint density at radius 3 is 3.14 bits per heavy atom. The maximum Gasteiger partial charge on any atom is 0.265 e. The van der Waals surface area contributed by atoms with Crippen LogP contribution < -0.4 is 10.1 Å². The molecule has 0 bridgehead atoms. The van der Waals surface area contributed by atoms with E-state index in [0.29, 0.717) is 5.75 Å². The third kappa shape index (κ3) is 1.83. The predicted octanol–water partition coefficient (Wildman–Crippen LogP) is 3.09. The van der Waals surface area contributed by atoms with Crippen molar-refractivity contribution in [3.05, 3.63) is 35.5 Å². The average Bonchev–Trinajstić information content (AvgIpc) is 2.99. The average molecular weight is 299 g/mol. The van der Waals surface area contributed by atoms with Gasteiger partial charge in [0, 0.05) is 22.8 Å². The van der Waals surface area contributed by atoms with E-state index in [2.05, 4.69) is 21.6 Å². The second-order valence-electron chi connectivity index (χ2n) is 5.05. The summed E-state index contributed by atoms with van der Waals surface area (Å²) in [5.74, 6) is 0.593. The highest BCUT2D eigenvalue weighted by Gasteiger charge is 2.24. The molecule has 2 aromatic heterocycles. The van der Waals surface area contributed by atoms with E-state index in [-0.39, 0.29) is 5.91 Å². The molecule has 0 fully saturated rings. The van der Waals surface area contributed by atoms with E-state index in [4.69, 9.17) is 4.74 Å². The van der Waals surface area contributed by atoms with Gasteiger partial charge in [0.15, 0.2) is 11.1 Å². The van der Waals surface area contributed by atoms with Crippen LogP contribution in [0.25, 0.3) is 16.2 Å². The van der Waals surface area contributed by atoms with Gasteiger partial charge in [0.25, 0.3) is 5.91 Å². The van der Waals surface area contributed by atoms with Crippen molar-refractivity contribution in [3.63, 3.8) is 0 Å². The summed E-state index contributed by atoms with van der Waals surface area (Å²) in [5.41, 5.74) is 2.85. The summed E-state index contributed by atoms with van der Waals surface area (Å²) >= 11 is 1.65. The molecule has 0 saturated carbocycles. The minimum Gasteiger partial charge on any atom is -0.479 e. The monoisotopic (exact) mass is 299 g/mol. The lowest BCUT2D eigenvalue weighted by atomic mass is 10.1. The molecule has 21 heavy (non-hydrogen) atoms. The van der Waals surface area contributed by atoms with Crippen LogP contribution in [0.5, 0.6) is 5.75 Å². The zero-order chi connectivity index (χ0) is 14.6. The largest absolute Gasteiger partial charge is 0.479 e. The summed E-state index contributed by atoms with van der Waals surface area (Å²) < 4.78 is 7.66. The standard InChI is InChI=1S/C15H13N3O2S/c1-8-14(19)17-11-7-10(3-4-12(11)20-8)13-9(2)21-15-16-5-6-18(13)15/h3-8H,1-2H3,(H,17,19). The highest BCUT2D eigenvalue weighted by Crippen LogP contribution is 2.37. The van der Waals surface area contributed by atoms with Gasteiger partial charge in [0.05, 0.1) is 11.4 Å². The van der Waals surface area contributed by atoms with Crippen LogP contribution in [-0.2, 0) is 4.79 Å². The smallest absolute Gasteiger partial charge is 0.265 e. The topological polar surface area (TPSA) is 55.6 Å². The van der Waals surface area contributed by atoms with Crippen molar-refractivity contribution in [1.82, 2.24) is 9.38 Å². The molecule has 3 heterocycles. The molecule has 5 nitrogen and oxygen atoms in total. The van der Waals surface area contributed by atoms with Crippen LogP contribution in [0.1, 0.15) is 11.8 Å². The summed E-state index contributed by atoms with van der Waals surface area (Å²) in [6.07, 6.45) is 3.29. The number of benzene rings is 1. The SMILES string of the molecule is Cc1sc2nccn2c1-c1ccc2c(c1)NC(=O)C(C)O2. The molecular weight excluding hydrogens is 286 g/mol. The van der Waals surface area contributed by atoms with Gasteiger partial charge in [-0.3, -0.25) is 9.20 Å². The number of rotatable bonds is 1. The van der Waals surface area contributed by atoms with Gasteiger partial charge in [-0.1, -0.05) is 0 Å². The number of ether oxygens (including phenoxy) is 1. The van der Waals surface area contributed by atoms with Crippen molar-refractivity contribution in [1.29, 1.82) is 0 Å². The maximum absolute atomic E-state index is 11.7. The highest BCUT2D eigenvalue weighted by atomic mass is 32.1. The minimum absolute atomic E-state index is 0.116. The third-order valence-electron chi connectivity index (χ3n) is 3.61. The van der Waals surface area contributed by atoms with Crippen LogP contribution in [0.3, 0.4) is 0 Å². The third-order valence-corrected chi connectivity index (χ3v) is 4.59. The lowest BCUT2D eigenvalue weighted by Crippen LogP contribution is -2.34. The van der Waals surface area contributed by atoms with Crippen molar-refractivity contribution in [2.75, 3.05) is 5.32 Å². The molecule has 0 spiro atoms. The quantitative estimate of drug-likeness (QED) is 0.751. The molecule has 1 N–H and O–H groups in total. The lowest BCUT2D eigenvalue weighted by Gasteiger charge is -2.23. The number of carbonyl (C=O) groups is 1. The zero-order valence-corrected chi connectivity index (χ0v) is 12.4. The van der Waals surface area contributed by atoms with E-state index in [1.54, 1.807) is 24.5 Å². The molecule has 1 atom stereocenters. The lowest BCUT2D eigenvalue weighted by molar-refractivity contribution is -0.122. The van der Waals surface area contributed by atoms with Gasteiger partial charge in [0.2, 0.25) is 0 Å². The van der Waals surface area contributed by atoms with E-state index in [1.165, 1.54) is 4.88 Å². The molecule has 1 aliphatic rings. The molecule has 3 aromatic rings. The van der Waals surface area contributed by atoms with Crippen LogP contribution in [0.2, 0.25) is 0 Å². The first-order valence-electron chi connectivity index (χ1n) is 6.68. The molecule has 1 amide bonds. The molecule has 6 heteroatoms. The van der Waals surface area contributed by atoms with Crippen molar-refractivity contribution in [2.24, 2.45) is 0 Å². The van der Waals surface area contributed by atoms with Gasteiger partial charge in [-0.15, -0.1) is 11.3 Å². The zero-order valence-electron chi connectivity index (χ0n) is 11.6. The van der Waals surface area contributed by atoms with Crippen molar-refractivity contribution >= 4 is 27.9 Å². The number of hydrogen-bond acceptors (Lipinski definition) is 4. The first-order chi connectivity index (χ1) is 10.1. The number of imidazole rings is 1. The number of anilines is 1. The summed E-state index contributed by atoms with van der Waals surface area (Å²) in [6, 6.07) is 5.87. The van der Waals surface area contributed by atoms with Crippen molar-refractivity contribution in [3.8, 4) is 17.0 Å². The number of aryl methyl sites for hydroxylation is 1. The molecule has 1 aliphatic heterocycles. The van der Waals surface area contributed by atoms with Crippen LogP contribution in [0.15, 0.2) is 30.6 Å². The molecule has 4 rings (SSSR count). The van der Waals surface area contributed by atoms with Gasteiger partial charge < -0.3 is 10.1 Å². The Morgan fingerprint density at radius 2 is 2.29 bits per heavy atom. The van der Waals surface area contributed by atoms with Gasteiger partial charge in [0.1, 0.15) is 5.75 Å². The van der Waals surface area contributed by atoms with Crippen LogP contribution >= 0.6 is 11.3 Å². The van der Waals surface area contributed by atoms with Gasteiger partial charge in [-0.25, -0.2) is 4.98 Å². The maximum atomic E-state index is 11.7. The van der Waals surface area contributed by atoms with Crippen molar-refractivity contribution in [2.45, 2.75) is 20.0 Å². The Bertz CT molecular complexity index is 865. The Morgan fingerprint density at radius 1 is 1.43 bits per heavy atom. The molecule has 0 aliphatic carbocycles. The van der Waals surface area contributed by atoms with E-state index in [1.807, 2.05) is 24.4 Å². The van der Waals surface area contributed by atoms with Crippen LogP contribution in [0, 0.1) is 6.92 Å². The normalized spacial score (nSPS) is 17.4. The Balaban J connectivity index is 1.87. The molecule has 106 valence electrons. The number of nitrogens with one attached hydrogen (secondary N) is 1. The Kier molecular flexibility index (Phi) is 2.56. The number of nitrogens with zero attached hydrogens (tertiary/aromatic N) is 2. The fourth-order valence-corrected chi connectivity index (χ4v) is 3.54. The summed E-state index contributed by atoms with van der Waals surface area (Å²) in [7, 11) is 0. The van der Waals surface area contributed by atoms with Gasteiger partial charge >= 0.3 is 0 Å². The fraction of sp³-hybridized carbons (Fsp3) is 0.200. The van der Waals surface area contributed by atoms with E-state index >= 15 is 0 Å². The van der Waals surface area contributed by atoms with Gasteiger partial charge in [-0.05, 0) is 32.0 Å². The second kappa shape index (κ2) is 4.33. The minimum atomic E-state index is -0.452. The summed E-state index contributed by atoms with van der Waals surface area (Å²) in [4.78, 5) is 18.2. The molecule has 0 radical (unpaired) electrons. The number of aromatic nitrogens is 2. The first-order valence-corrected chi connectivity index (χ1v) is 7.49. The van der Waals surface area contributed by atoms with Crippen LogP contribution in [-0.4, -0.2) is 21.4 Å². The Labute approximate surface area is 125 Å². The van der Waals surface area contributed by atoms with E-state index in [9.17, 15) is 4.79 Å². The molecule has 1 unspecified atom stereocenters. The first kappa shape index (κ1) is 12.4. The fourth-order valence-electron chi connectivity index (χ4n) is 2.59. The summed E-state index contributed by atoms with van der Waals surface area (Å²) in [5, 5.41) is 2.89. The highest BCUT2D eigenvalue weighted by molar-refractivity contribution is 7.17. The molecular formula is C15H13N3O2S.